The summed E-state index contributed by atoms with van der Waals surface area (Å²) in [6, 6.07) is 11.1. The molecule has 6 nitrogen and oxygen atoms in total. The van der Waals surface area contributed by atoms with Crippen molar-refractivity contribution in [3.05, 3.63) is 41.9 Å². The lowest BCUT2D eigenvalue weighted by Crippen LogP contribution is -2.41. The Bertz CT molecular complexity index is 1170. The Morgan fingerprint density at radius 1 is 1.00 bits per heavy atom. The van der Waals surface area contributed by atoms with Gasteiger partial charge in [0.2, 0.25) is 0 Å². The number of hydrogen-bond acceptors (Lipinski definition) is 5. The van der Waals surface area contributed by atoms with E-state index >= 15 is 0 Å². The normalized spacial score (nSPS) is 21.4. The number of piperidine rings is 1. The molecule has 0 atom stereocenters. The fourth-order valence-electron chi connectivity index (χ4n) is 5.54. The Labute approximate surface area is 176 Å². The van der Waals surface area contributed by atoms with Crippen molar-refractivity contribution in [2.75, 3.05) is 18.0 Å². The van der Waals surface area contributed by atoms with E-state index in [1.807, 2.05) is 17.8 Å². The highest BCUT2D eigenvalue weighted by atomic mass is 15.3. The summed E-state index contributed by atoms with van der Waals surface area (Å²) < 4.78 is 1.91. The van der Waals surface area contributed by atoms with E-state index in [2.05, 4.69) is 40.3 Å². The summed E-state index contributed by atoms with van der Waals surface area (Å²) in [6.07, 6.45) is 10.2. The second kappa shape index (κ2) is 6.28. The van der Waals surface area contributed by atoms with Crippen LogP contribution in [0.1, 0.15) is 56.3 Å². The molecule has 30 heavy (non-hydrogen) atoms. The van der Waals surface area contributed by atoms with Crippen molar-refractivity contribution in [3.8, 4) is 11.9 Å². The maximum absolute atomic E-state index is 9.98. The summed E-state index contributed by atoms with van der Waals surface area (Å²) in [5.74, 6) is 2.55. The molecule has 0 N–H and O–H groups in total. The van der Waals surface area contributed by atoms with Crippen molar-refractivity contribution in [1.29, 1.82) is 5.26 Å². The minimum atomic E-state index is -0.333. The highest BCUT2D eigenvalue weighted by Crippen LogP contribution is 2.68. The van der Waals surface area contributed by atoms with E-state index in [9.17, 15) is 5.26 Å². The van der Waals surface area contributed by atoms with E-state index in [1.54, 1.807) is 0 Å². The largest absolute Gasteiger partial charge is 0.356 e. The van der Waals surface area contributed by atoms with Gasteiger partial charge in [-0.2, -0.15) is 10.4 Å². The van der Waals surface area contributed by atoms with E-state index in [0.717, 1.165) is 59.9 Å². The topological polar surface area (TPSA) is 70.6 Å². The van der Waals surface area contributed by atoms with Crippen LogP contribution in [-0.2, 0) is 5.41 Å². The third-order valence-electron chi connectivity index (χ3n) is 7.36. The highest BCUT2D eigenvalue weighted by molar-refractivity contribution is 5.81. The molecule has 1 spiro atoms. The summed E-state index contributed by atoms with van der Waals surface area (Å²) in [4.78, 5) is 11.7. The molecule has 2 aromatic heterocycles. The molecule has 2 saturated carbocycles. The van der Waals surface area contributed by atoms with Crippen molar-refractivity contribution in [2.24, 2.45) is 5.41 Å². The van der Waals surface area contributed by atoms with Crippen LogP contribution >= 0.6 is 0 Å². The predicted octanol–water partition coefficient (Wildman–Crippen LogP) is 4.45. The zero-order valence-electron chi connectivity index (χ0n) is 17.4. The number of nitriles is 1. The molecule has 3 fully saturated rings. The number of hydrogen-bond donors (Lipinski definition) is 0. The van der Waals surface area contributed by atoms with E-state index in [1.165, 1.54) is 32.1 Å². The standard InChI is InChI=1S/C24H26N6/c1-17-27-21(29-9-3-2-4-10-29)12-22(28-17)30-20-11-19(6-5-18(20)13-26-30)24(16-25)14-23(15-24)7-8-23/h5-6,11-13H,2-4,7-10,14-15H2,1H3. The molecule has 6 heteroatoms. The van der Waals surface area contributed by atoms with E-state index in [0.29, 0.717) is 5.41 Å². The van der Waals surface area contributed by atoms with E-state index in [-0.39, 0.29) is 5.41 Å². The summed E-state index contributed by atoms with van der Waals surface area (Å²) in [5, 5.41) is 15.7. The lowest BCUT2D eigenvalue weighted by Gasteiger charge is -2.44. The summed E-state index contributed by atoms with van der Waals surface area (Å²) in [5.41, 5.74) is 2.28. The molecule has 3 aromatic rings. The van der Waals surface area contributed by atoms with Gasteiger partial charge in [0.25, 0.3) is 0 Å². The van der Waals surface area contributed by atoms with E-state index in [4.69, 9.17) is 9.97 Å². The zero-order valence-corrected chi connectivity index (χ0v) is 17.4. The Morgan fingerprint density at radius 3 is 2.50 bits per heavy atom. The smallest absolute Gasteiger partial charge is 0.159 e. The van der Waals surface area contributed by atoms with Crippen molar-refractivity contribution >= 4 is 16.7 Å². The Hall–Kier alpha value is -2.94. The lowest BCUT2D eigenvalue weighted by molar-refractivity contribution is 0.173. The summed E-state index contributed by atoms with van der Waals surface area (Å²) in [7, 11) is 0. The van der Waals surface area contributed by atoms with Crippen LogP contribution in [0.25, 0.3) is 16.7 Å². The first-order valence-electron chi connectivity index (χ1n) is 11.1. The van der Waals surface area contributed by atoms with Crippen LogP contribution in [0.2, 0.25) is 0 Å². The van der Waals surface area contributed by atoms with E-state index < -0.39 is 0 Å². The molecule has 1 saturated heterocycles. The molecule has 0 unspecified atom stereocenters. The van der Waals surface area contributed by atoms with Gasteiger partial charge < -0.3 is 4.90 Å². The van der Waals surface area contributed by atoms with Crippen molar-refractivity contribution in [3.63, 3.8) is 0 Å². The van der Waals surface area contributed by atoms with Crippen LogP contribution in [0.15, 0.2) is 30.5 Å². The SMILES string of the molecule is Cc1nc(N2CCCCC2)cc(-n2ncc3ccc(C4(C#N)CC5(CC5)C4)cc32)n1. The number of aryl methyl sites for hydroxylation is 1. The molecular formula is C24H26N6. The molecular weight excluding hydrogens is 372 g/mol. The lowest BCUT2D eigenvalue weighted by atomic mass is 9.57. The number of nitrogens with zero attached hydrogens (tertiary/aromatic N) is 6. The maximum atomic E-state index is 9.98. The third kappa shape index (κ3) is 2.72. The minimum absolute atomic E-state index is 0.333. The number of fused-ring (bicyclic) bond motifs is 1. The maximum Gasteiger partial charge on any atom is 0.159 e. The average Bonchev–Trinajstić information content (AvgIpc) is 3.43. The van der Waals surface area contributed by atoms with Gasteiger partial charge in [0.1, 0.15) is 11.6 Å². The van der Waals surface area contributed by atoms with Gasteiger partial charge in [-0.05, 0) is 68.9 Å². The zero-order chi connectivity index (χ0) is 20.3. The molecule has 6 rings (SSSR count). The van der Waals surface area contributed by atoms with Crippen LogP contribution in [0, 0.1) is 23.7 Å². The molecule has 3 heterocycles. The van der Waals surface area contributed by atoms with Crippen LogP contribution in [0.3, 0.4) is 0 Å². The number of benzene rings is 1. The molecule has 0 bridgehead atoms. The van der Waals surface area contributed by atoms with Gasteiger partial charge in [-0.15, -0.1) is 0 Å². The summed E-state index contributed by atoms with van der Waals surface area (Å²) in [6.45, 7) is 4.04. The second-order valence-electron chi connectivity index (χ2n) is 9.56. The second-order valence-corrected chi connectivity index (χ2v) is 9.56. The number of rotatable bonds is 3. The number of aromatic nitrogens is 4. The van der Waals surface area contributed by atoms with Gasteiger partial charge >= 0.3 is 0 Å². The Kier molecular flexibility index (Phi) is 3.74. The summed E-state index contributed by atoms with van der Waals surface area (Å²) >= 11 is 0. The first-order chi connectivity index (χ1) is 14.6. The van der Waals surface area contributed by atoms with Gasteiger partial charge in [0.05, 0.1) is 23.2 Å². The Morgan fingerprint density at radius 2 is 1.77 bits per heavy atom. The molecule has 0 radical (unpaired) electrons. The van der Waals surface area contributed by atoms with Gasteiger partial charge in [0, 0.05) is 24.5 Å². The predicted molar refractivity (Wildman–Crippen MR) is 116 cm³/mol. The minimum Gasteiger partial charge on any atom is -0.356 e. The molecule has 2 aliphatic carbocycles. The molecule has 3 aliphatic rings. The molecule has 0 amide bonds. The van der Waals surface area contributed by atoms with Gasteiger partial charge in [0.15, 0.2) is 5.82 Å². The number of anilines is 1. The van der Waals surface area contributed by atoms with Crippen LogP contribution < -0.4 is 4.90 Å². The van der Waals surface area contributed by atoms with Crippen molar-refractivity contribution in [1.82, 2.24) is 19.7 Å². The van der Waals surface area contributed by atoms with Crippen molar-refractivity contribution in [2.45, 2.75) is 57.3 Å². The average molecular weight is 399 g/mol. The first-order valence-corrected chi connectivity index (χ1v) is 11.1. The molecule has 1 aromatic carbocycles. The fraction of sp³-hybridized carbons (Fsp3) is 0.500. The van der Waals surface area contributed by atoms with Crippen LogP contribution in [0.5, 0.6) is 0 Å². The van der Waals surface area contributed by atoms with Crippen molar-refractivity contribution < 1.29 is 0 Å². The van der Waals surface area contributed by atoms with Gasteiger partial charge in [-0.3, -0.25) is 0 Å². The monoisotopic (exact) mass is 398 g/mol. The van der Waals surface area contributed by atoms with Gasteiger partial charge in [-0.25, -0.2) is 14.6 Å². The van der Waals surface area contributed by atoms with Crippen LogP contribution in [0.4, 0.5) is 5.82 Å². The molecule has 1 aliphatic heterocycles. The molecule has 152 valence electrons. The highest BCUT2D eigenvalue weighted by Gasteiger charge is 2.61. The first kappa shape index (κ1) is 17.9. The third-order valence-corrected chi connectivity index (χ3v) is 7.36. The van der Waals surface area contributed by atoms with Crippen LogP contribution in [-0.4, -0.2) is 32.8 Å². The Balaban J connectivity index is 1.41. The van der Waals surface area contributed by atoms with Gasteiger partial charge in [-0.1, -0.05) is 12.1 Å². The quantitative estimate of drug-likeness (QED) is 0.652. The fourth-order valence-corrected chi connectivity index (χ4v) is 5.54.